The number of rotatable bonds is 4. The van der Waals surface area contributed by atoms with E-state index in [0.717, 1.165) is 23.3 Å². The van der Waals surface area contributed by atoms with Crippen LogP contribution in [0.1, 0.15) is 35.2 Å². The summed E-state index contributed by atoms with van der Waals surface area (Å²) in [5.41, 5.74) is 0.920. The van der Waals surface area contributed by atoms with Crippen molar-refractivity contribution in [2.75, 3.05) is 6.54 Å². The Morgan fingerprint density at radius 1 is 1.32 bits per heavy atom. The van der Waals surface area contributed by atoms with Gasteiger partial charge in [0.2, 0.25) is 0 Å². The van der Waals surface area contributed by atoms with Crippen molar-refractivity contribution in [3.8, 4) is 6.07 Å². The monoisotopic (exact) mass is 385 g/mol. The molecule has 0 saturated carbocycles. The molecule has 0 radical (unpaired) electrons. The highest BCUT2D eigenvalue weighted by Gasteiger charge is 2.33. The molecule has 1 N–H and O–H groups in total. The van der Waals surface area contributed by atoms with Crippen LogP contribution in [0.2, 0.25) is 0 Å². The first-order valence-electron chi connectivity index (χ1n) is 8.45. The van der Waals surface area contributed by atoms with Gasteiger partial charge in [-0.05, 0) is 17.7 Å². The quantitative estimate of drug-likeness (QED) is 0.743. The second-order valence-electron chi connectivity index (χ2n) is 6.37. The van der Waals surface area contributed by atoms with Gasteiger partial charge in [-0.3, -0.25) is 9.99 Å². The molecule has 10 heteroatoms. The summed E-state index contributed by atoms with van der Waals surface area (Å²) in [7, 11) is 0. The van der Waals surface area contributed by atoms with Crippen LogP contribution in [-0.2, 0) is 6.18 Å². The summed E-state index contributed by atoms with van der Waals surface area (Å²) in [4.78, 5) is 15.2. The third kappa shape index (κ3) is 3.26. The molecular formula is C18H14F3N7. The normalized spacial score (nSPS) is 17.8. The highest BCUT2D eigenvalue weighted by molar-refractivity contribution is 5.83. The van der Waals surface area contributed by atoms with Crippen LogP contribution in [-0.4, -0.2) is 37.7 Å². The van der Waals surface area contributed by atoms with Crippen molar-refractivity contribution in [1.29, 1.82) is 5.26 Å². The molecule has 4 rings (SSSR count). The molecule has 0 amide bonds. The van der Waals surface area contributed by atoms with Gasteiger partial charge >= 0.3 is 6.18 Å². The number of aromatic nitrogens is 4. The number of nitrogens with one attached hydrogen (secondary N) is 1. The van der Waals surface area contributed by atoms with Crippen LogP contribution < -0.4 is 0 Å². The van der Waals surface area contributed by atoms with Crippen LogP contribution in [0.3, 0.4) is 0 Å². The first kappa shape index (κ1) is 17.9. The van der Waals surface area contributed by atoms with Gasteiger partial charge in [0.05, 0.1) is 42.3 Å². The Balaban J connectivity index is 1.62. The topological polar surface area (TPSA) is 93.9 Å². The zero-order valence-corrected chi connectivity index (χ0v) is 14.4. The minimum absolute atomic E-state index is 0.0175. The number of hydrogen-bond acceptors (Lipinski definition) is 6. The van der Waals surface area contributed by atoms with Crippen LogP contribution in [0, 0.1) is 11.3 Å². The summed E-state index contributed by atoms with van der Waals surface area (Å²) < 4.78 is 39.1. The molecule has 4 heterocycles. The Hall–Kier alpha value is -3.48. The molecule has 28 heavy (non-hydrogen) atoms. The van der Waals surface area contributed by atoms with Crippen molar-refractivity contribution in [3.63, 3.8) is 0 Å². The summed E-state index contributed by atoms with van der Waals surface area (Å²) in [5, 5.41) is 16.0. The summed E-state index contributed by atoms with van der Waals surface area (Å²) in [5.74, 6) is -0.166. The smallest absolute Gasteiger partial charge is 0.346 e. The highest BCUT2D eigenvalue weighted by Crippen LogP contribution is 2.35. The molecule has 0 fully saturated rings. The molecule has 0 aliphatic carbocycles. The number of aromatic amines is 1. The predicted octanol–water partition coefficient (Wildman–Crippen LogP) is 3.41. The van der Waals surface area contributed by atoms with Gasteiger partial charge in [0.25, 0.3) is 0 Å². The van der Waals surface area contributed by atoms with E-state index in [-0.39, 0.29) is 12.3 Å². The van der Waals surface area contributed by atoms with E-state index < -0.39 is 17.8 Å². The number of hydrazone groups is 1. The van der Waals surface area contributed by atoms with Gasteiger partial charge < -0.3 is 4.98 Å². The third-order valence-corrected chi connectivity index (χ3v) is 4.63. The van der Waals surface area contributed by atoms with E-state index in [2.05, 4.69) is 25.0 Å². The van der Waals surface area contributed by atoms with E-state index in [1.165, 1.54) is 12.5 Å². The summed E-state index contributed by atoms with van der Waals surface area (Å²) in [6.45, 7) is 0.389. The second kappa shape index (κ2) is 6.92. The lowest BCUT2D eigenvalue weighted by Crippen LogP contribution is -2.24. The fraction of sp³-hybridized carbons (Fsp3) is 0.278. The minimum Gasteiger partial charge on any atom is -0.346 e. The zero-order chi connectivity index (χ0) is 19.7. The van der Waals surface area contributed by atoms with Gasteiger partial charge in [-0.1, -0.05) is 0 Å². The molecule has 1 aliphatic rings. The van der Waals surface area contributed by atoms with Gasteiger partial charge in [0.15, 0.2) is 0 Å². The van der Waals surface area contributed by atoms with Crippen LogP contribution in [0.25, 0.3) is 11.0 Å². The lowest BCUT2D eigenvalue weighted by atomic mass is 10.0. The molecule has 7 nitrogen and oxygen atoms in total. The van der Waals surface area contributed by atoms with E-state index in [4.69, 9.17) is 0 Å². The standard InChI is InChI=1S/C18H14F3N7/c19-18(20,21)13-5-11(6-23-8-13)15(1-3-22)28-9-12(7-27-28)16-14-2-4-24-17(14)26-10-25-16/h2,4-8,10,12,15H,1,9H2,(H,24,25,26). The molecule has 1 aliphatic heterocycles. The molecule has 2 unspecified atom stereocenters. The number of fused-ring (bicyclic) bond motifs is 1. The van der Waals surface area contributed by atoms with Gasteiger partial charge in [-0.15, -0.1) is 0 Å². The van der Waals surface area contributed by atoms with Crippen LogP contribution in [0.5, 0.6) is 0 Å². The van der Waals surface area contributed by atoms with E-state index in [1.54, 1.807) is 17.4 Å². The van der Waals surface area contributed by atoms with E-state index in [1.807, 2.05) is 12.1 Å². The first-order valence-corrected chi connectivity index (χ1v) is 8.45. The molecule has 0 aromatic carbocycles. The van der Waals surface area contributed by atoms with Gasteiger partial charge in [-0.2, -0.15) is 23.5 Å². The summed E-state index contributed by atoms with van der Waals surface area (Å²) >= 11 is 0. The van der Waals surface area contributed by atoms with Crippen LogP contribution in [0.4, 0.5) is 13.2 Å². The Morgan fingerprint density at radius 2 is 2.18 bits per heavy atom. The predicted molar refractivity (Wildman–Crippen MR) is 94.0 cm³/mol. The highest BCUT2D eigenvalue weighted by atomic mass is 19.4. The molecule has 0 bridgehead atoms. The van der Waals surface area contributed by atoms with E-state index in [0.29, 0.717) is 17.8 Å². The fourth-order valence-electron chi connectivity index (χ4n) is 3.29. The van der Waals surface area contributed by atoms with Crippen molar-refractivity contribution in [3.05, 3.63) is 53.9 Å². The summed E-state index contributed by atoms with van der Waals surface area (Å²) in [6, 6.07) is 4.28. The van der Waals surface area contributed by atoms with Crippen molar-refractivity contribution in [1.82, 2.24) is 24.9 Å². The van der Waals surface area contributed by atoms with Crippen molar-refractivity contribution >= 4 is 17.2 Å². The third-order valence-electron chi connectivity index (χ3n) is 4.63. The first-order chi connectivity index (χ1) is 13.5. The fourth-order valence-corrected chi connectivity index (χ4v) is 3.29. The number of H-pyrrole nitrogens is 1. The average Bonchev–Trinajstić information content (AvgIpc) is 3.34. The minimum atomic E-state index is -4.50. The van der Waals surface area contributed by atoms with Gasteiger partial charge in [0.1, 0.15) is 12.0 Å². The number of nitrogens with zero attached hydrogens (tertiary/aromatic N) is 6. The van der Waals surface area contributed by atoms with Crippen LogP contribution >= 0.6 is 0 Å². The molecule has 2 atom stereocenters. The number of alkyl halides is 3. The van der Waals surface area contributed by atoms with E-state index >= 15 is 0 Å². The SMILES string of the molecule is N#CCC(c1cncc(C(F)(F)F)c1)N1CC(c2ncnc3[nH]ccc23)C=N1. The number of halogens is 3. The van der Waals surface area contributed by atoms with Gasteiger partial charge in [0, 0.05) is 30.2 Å². The lowest BCUT2D eigenvalue weighted by molar-refractivity contribution is -0.137. The maximum absolute atomic E-state index is 13.0. The lowest BCUT2D eigenvalue weighted by Gasteiger charge is -2.26. The molecular weight excluding hydrogens is 371 g/mol. The maximum atomic E-state index is 13.0. The maximum Gasteiger partial charge on any atom is 0.417 e. The Bertz CT molecular complexity index is 1070. The molecule has 142 valence electrons. The largest absolute Gasteiger partial charge is 0.417 e. The second-order valence-corrected chi connectivity index (χ2v) is 6.37. The average molecular weight is 385 g/mol. The Kier molecular flexibility index (Phi) is 4.43. The van der Waals surface area contributed by atoms with E-state index in [9.17, 15) is 18.4 Å². The molecule has 3 aromatic rings. The van der Waals surface area contributed by atoms with Crippen LogP contribution in [0.15, 0.2) is 42.2 Å². The number of pyridine rings is 1. The Morgan fingerprint density at radius 3 is 2.96 bits per heavy atom. The Labute approximate surface area is 157 Å². The van der Waals surface area contributed by atoms with Crippen molar-refractivity contribution in [2.24, 2.45) is 5.10 Å². The van der Waals surface area contributed by atoms with Crippen molar-refractivity contribution < 1.29 is 13.2 Å². The number of nitriles is 1. The molecule has 3 aromatic heterocycles. The number of hydrogen-bond donors (Lipinski definition) is 1. The molecule has 0 spiro atoms. The zero-order valence-electron chi connectivity index (χ0n) is 14.4. The van der Waals surface area contributed by atoms with Gasteiger partial charge in [-0.25, -0.2) is 9.97 Å². The molecule has 0 saturated heterocycles. The van der Waals surface area contributed by atoms with Crippen molar-refractivity contribution in [2.45, 2.75) is 24.6 Å². The summed E-state index contributed by atoms with van der Waals surface area (Å²) in [6.07, 6.45) is 2.50.